The lowest BCUT2D eigenvalue weighted by Crippen LogP contribution is -2.26. The topological polar surface area (TPSA) is 102 Å². The Balaban J connectivity index is 2.12. The van der Waals surface area contributed by atoms with Crippen LogP contribution in [-0.4, -0.2) is 34.8 Å². The lowest BCUT2D eigenvalue weighted by Gasteiger charge is -2.12. The molecule has 0 saturated carbocycles. The number of hydrogen-bond donors (Lipinski definition) is 2. The Morgan fingerprint density at radius 2 is 1.88 bits per heavy atom. The quantitative estimate of drug-likeness (QED) is 0.826. The van der Waals surface area contributed by atoms with Crippen LogP contribution in [0.1, 0.15) is 24.3 Å². The van der Waals surface area contributed by atoms with E-state index in [0.717, 1.165) is 0 Å². The zero-order valence-electron chi connectivity index (χ0n) is 14.3. The number of methoxy groups -OCH3 is 1. The van der Waals surface area contributed by atoms with Crippen molar-refractivity contribution in [2.45, 2.75) is 26.5 Å². The third kappa shape index (κ3) is 4.74. The van der Waals surface area contributed by atoms with Crippen molar-refractivity contribution in [2.24, 2.45) is 0 Å². The van der Waals surface area contributed by atoms with E-state index in [0.29, 0.717) is 17.9 Å². The van der Waals surface area contributed by atoms with E-state index in [-0.39, 0.29) is 17.2 Å². The van der Waals surface area contributed by atoms with Crippen molar-refractivity contribution in [3.8, 4) is 0 Å². The van der Waals surface area contributed by atoms with Crippen LogP contribution >= 0.6 is 0 Å². The molecule has 2 rings (SSSR count). The fraction of sp³-hybridized carbons (Fsp3) is 0.294. The molecule has 0 aliphatic rings. The lowest BCUT2D eigenvalue weighted by atomic mass is 10.2. The summed E-state index contributed by atoms with van der Waals surface area (Å²) in [5, 5.41) is 9.38. The minimum absolute atomic E-state index is 0.129. The van der Waals surface area contributed by atoms with Crippen molar-refractivity contribution in [2.75, 3.05) is 17.7 Å². The Kier molecular flexibility index (Phi) is 6.02. The number of nitrogens with one attached hydrogen (secondary N) is 2. The molecule has 0 radical (unpaired) electrons. The van der Waals surface area contributed by atoms with Gasteiger partial charge in [-0.3, -0.25) is 14.4 Å². The Hall–Kier alpha value is -3.00. The third-order valence-corrected chi connectivity index (χ3v) is 3.51. The molecule has 8 nitrogen and oxygen atoms in total. The van der Waals surface area contributed by atoms with Gasteiger partial charge in [0.1, 0.15) is 11.8 Å². The van der Waals surface area contributed by atoms with E-state index in [9.17, 15) is 14.4 Å². The Morgan fingerprint density at radius 3 is 2.52 bits per heavy atom. The molecule has 0 aliphatic heterocycles. The molecular weight excluding hydrogens is 324 g/mol. The molecule has 132 valence electrons. The zero-order valence-corrected chi connectivity index (χ0v) is 14.3. The number of nitrogens with zero attached hydrogens (tertiary/aromatic N) is 2. The van der Waals surface area contributed by atoms with Crippen molar-refractivity contribution in [3.05, 3.63) is 52.4 Å². The second-order valence-electron chi connectivity index (χ2n) is 5.27. The van der Waals surface area contributed by atoms with Crippen molar-refractivity contribution in [1.82, 2.24) is 9.78 Å². The predicted octanol–water partition coefficient (Wildman–Crippen LogP) is 1.49. The molecule has 0 aliphatic carbocycles. The maximum absolute atomic E-state index is 12.3. The first-order valence-corrected chi connectivity index (χ1v) is 7.77. The first-order valence-electron chi connectivity index (χ1n) is 7.77. The van der Waals surface area contributed by atoms with Gasteiger partial charge in [-0.05, 0) is 38.1 Å². The van der Waals surface area contributed by atoms with Crippen molar-refractivity contribution in [3.63, 3.8) is 0 Å². The monoisotopic (exact) mass is 344 g/mol. The van der Waals surface area contributed by atoms with Crippen molar-refractivity contribution in [1.29, 1.82) is 0 Å². The van der Waals surface area contributed by atoms with Gasteiger partial charge in [-0.15, -0.1) is 0 Å². The van der Waals surface area contributed by atoms with Crippen molar-refractivity contribution < 1.29 is 14.3 Å². The van der Waals surface area contributed by atoms with Crippen LogP contribution in [0.15, 0.2) is 41.2 Å². The molecule has 2 N–H and O–H groups in total. The molecule has 25 heavy (non-hydrogen) atoms. The van der Waals surface area contributed by atoms with Crippen molar-refractivity contribution >= 4 is 23.2 Å². The molecule has 0 bridgehead atoms. The van der Waals surface area contributed by atoms with Crippen LogP contribution in [0.5, 0.6) is 0 Å². The van der Waals surface area contributed by atoms with Gasteiger partial charge in [-0.1, -0.05) is 6.07 Å². The van der Waals surface area contributed by atoms with E-state index in [2.05, 4.69) is 15.7 Å². The Labute approximate surface area is 144 Å². The molecule has 0 spiro atoms. The normalized spacial score (nSPS) is 11.6. The number of aryl methyl sites for hydroxylation is 1. The molecule has 0 unspecified atom stereocenters. The molecule has 2 aromatic rings. The summed E-state index contributed by atoms with van der Waals surface area (Å²) in [7, 11) is 1.45. The number of rotatable bonds is 6. The van der Waals surface area contributed by atoms with Gasteiger partial charge < -0.3 is 15.4 Å². The molecule has 0 saturated heterocycles. The average molecular weight is 344 g/mol. The highest BCUT2D eigenvalue weighted by atomic mass is 16.5. The zero-order chi connectivity index (χ0) is 18.4. The van der Waals surface area contributed by atoms with Gasteiger partial charge in [0.25, 0.3) is 17.4 Å². The van der Waals surface area contributed by atoms with Gasteiger partial charge in [0, 0.05) is 31.1 Å². The molecule has 1 atom stereocenters. The molecule has 1 aromatic heterocycles. The molecule has 8 heteroatoms. The minimum Gasteiger partial charge on any atom is -0.372 e. The van der Waals surface area contributed by atoms with E-state index >= 15 is 0 Å². The first kappa shape index (κ1) is 18.3. The smallest absolute Gasteiger partial charge is 0.276 e. The molecule has 1 aromatic carbocycles. The highest BCUT2D eigenvalue weighted by molar-refractivity contribution is 6.03. The molecular formula is C17H20N4O4. The summed E-state index contributed by atoms with van der Waals surface area (Å²) in [5.41, 5.74) is 0.877. The van der Waals surface area contributed by atoms with Gasteiger partial charge in [-0.2, -0.15) is 5.10 Å². The second kappa shape index (κ2) is 8.20. The fourth-order valence-electron chi connectivity index (χ4n) is 2.02. The van der Waals surface area contributed by atoms with Gasteiger partial charge >= 0.3 is 0 Å². The Bertz CT molecular complexity index is 831. The minimum atomic E-state index is -0.586. The van der Waals surface area contributed by atoms with E-state index in [4.69, 9.17) is 4.74 Å². The van der Waals surface area contributed by atoms with Gasteiger partial charge in [0.2, 0.25) is 0 Å². The summed E-state index contributed by atoms with van der Waals surface area (Å²) in [5.74, 6) is -0.737. The van der Waals surface area contributed by atoms with E-state index < -0.39 is 12.0 Å². The summed E-state index contributed by atoms with van der Waals surface area (Å²) in [6.07, 6.45) is -0.586. The van der Waals surface area contributed by atoms with E-state index in [1.54, 1.807) is 38.1 Å². The van der Waals surface area contributed by atoms with Crippen LogP contribution in [0.25, 0.3) is 0 Å². The van der Waals surface area contributed by atoms with Crippen LogP contribution < -0.4 is 16.2 Å². The predicted molar refractivity (Wildman–Crippen MR) is 93.7 cm³/mol. The summed E-state index contributed by atoms with van der Waals surface area (Å²) in [4.78, 5) is 35.6. The van der Waals surface area contributed by atoms with Crippen LogP contribution in [0, 0.1) is 0 Å². The largest absolute Gasteiger partial charge is 0.372 e. The maximum Gasteiger partial charge on any atom is 0.276 e. The highest BCUT2D eigenvalue weighted by Gasteiger charge is 2.13. The number of benzene rings is 1. The maximum atomic E-state index is 12.3. The standard InChI is InChI=1S/C17H20N4O4/c1-4-21-15(22)9-8-14(20-21)17(24)19-13-7-5-6-12(10-13)18-16(23)11(2)25-3/h5-11H,4H2,1-3H3,(H,18,23)(H,19,24)/t11-/m1/s1. The number of ether oxygens (including phenoxy) is 1. The Morgan fingerprint density at radius 1 is 1.20 bits per heavy atom. The van der Waals surface area contributed by atoms with Gasteiger partial charge in [0.15, 0.2) is 0 Å². The number of anilines is 2. The summed E-state index contributed by atoms with van der Waals surface area (Å²) >= 11 is 0. The molecule has 1 heterocycles. The van der Waals surface area contributed by atoms with Crippen LogP contribution in [0.3, 0.4) is 0 Å². The van der Waals surface area contributed by atoms with Crippen LogP contribution in [-0.2, 0) is 16.1 Å². The van der Waals surface area contributed by atoms with E-state index in [1.165, 1.54) is 23.9 Å². The summed E-state index contributed by atoms with van der Waals surface area (Å²) in [6, 6.07) is 9.37. The summed E-state index contributed by atoms with van der Waals surface area (Å²) in [6.45, 7) is 3.78. The SMILES string of the molecule is CCn1nc(C(=O)Nc2cccc(NC(=O)[C@@H](C)OC)c2)ccc1=O. The second-order valence-corrected chi connectivity index (χ2v) is 5.27. The molecule has 0 fully saturated rings. The van der Waals surface area contributed by atoms with E-state index in [1.807, 2.05) is 0 Å². The molecule has 2 amide bonds. The lowest BCUT2D eigenvalue weighted by molar-refractivity contribution is -0.124. The highest BCUT2D eigenvalue weighted by Crippen LogP contribution is 2.16. The number of amides is 2. The van der Waals surface area contributed by atoms with Gasteiger partial charge in [-0.25, -0.2) is 4.68 Å². The number of carbonyl (C=O) groups is 2. The number of aromatic nitrogens is 2. The average Bonchev–Trinajstić information content (AvgIpc) is 2.61. The number of hydrogen-bond acceptors (Lipinski definition) is 5. The van der Waals surface area contributed by atoms with Gasteiger partial charge in [0.05, 0.1) is 0 Å². The summed E-state index contributed by atoms with van der Waals surface area (Å²) < 4.78 is 6.16. The number of carbonyl (C=O) groups excluding carboxylic acids is 2. The third-order valence-electron chi connectivity index (χ3n) is 3.51. The fourth-order valence-corrected chi connectivity index (χ4v) is 2.02. The first-order chi connectivity index (χ1) is 11.9. The van der Waals surface area contributed by atoms with Crippen LogP contribution in [0.4, 0.5) is 11.4 Å². The van der Waals surface area contributed by atoms with Crippen LogP contribution in [0.2, 0.25) is 0 Å².